The fourth-order valence-electron chi connectivity index (χ4n) is 1.19. The lowest BCUT2D eigenvalue weighted by atomic mass is 9.93. The molecule has 0 saturated heterocycles. The number of carbonyl (C=O) groups is 2. The first-order chi connectivity index (χ1) is 6.97. The predicted octanol–water partition coefficient (Wildman–Crippen LogP) is 2.15. The van der Waals surface area contributed by atoms with Gasteiger partial charge in [0.05, 0.1) is 12.3 Å². The van der Waals surface area contributed by atoms with Crippen LogP contribution in [0.25, 0.3) is 0 Å². The lowest BCUT2D eigenvalue weighted by molar-refractivity contribution is -0.141. The van der Waals surface area contributed by atoms with E-state index < -0.39 is 17.9 Å². The highest BCUT2D eigenvalue weighted by molar-refractivity contribution is 5.73. The van der Waals surface area contributed by atoms with Crippen molar-refractivity contribution in [2.75, 3.05) is 0 Å². The zero-order valence-corrected chi connectivity index (χ0v) is 9.14. The Morgan fingerprint density at radius 2 is 1.93 bits per heavy atom. The van der Waals surface area contributed by atoms with Gasteiger partial charge in [0.15, 0.2) is 0 Å². The molecule has 0 aromatic heterocycles. The van der Waals surface area contributed by atoms with Gasteiger partial charge >= 0.3 is 11.9 Å². The fraction of sp³-hybridized carbons (Fsp3) is 0.636. The van der Waals surface area contributed by atoms with Gasteiger partial charge in [0.1, 0.15) is 0 Å². The van der Waals surface area contributed by atoms with Crippen molar-refractivity contribution in [3.63, 3.8) is 0 Å². The van der Waals surface area contributed by atoms with E-state index >= 15 is 0 Å². The fourth-order valence-corrected chi connectivity index (χ4v) is 1.19. The summed E-state index contributed by atoms with van der Waals surface area (Å²) in [5.74, 6) is -2.07. The van der Waals surface area contributed by atoms with Gasteiger partial charge in [-0.3, -0.25) is 9.59 Å². The number of carboxylic acids is 2. The van der Waals surface area contributed by atoms with E-state index in [1.165, 1.54) is 12.2 Å². The topological polar surface area (TPSA) is 74.6 Å². The Hall–Kier alpha value is -1.32. The van der Waals surface area contributed by atoms with Crippen molar-refractivity contribution in [1.29, 1.82) is 0 Å². The van der Waals surface area contributed by atoms with Crippen LogP contribution in [0.1, 0.15) is 33.1 Å². The summed E-state index contributed by atoms with van der Waals surface area (Å²) < 4.78 is 0. The molecule has 4 heteroatoms. The first-order valence-electron chi connectivity index (χ1n) is 5.08. The van der Waals surface area contributed by atoms with Gasteiger partial charge in [0, 0.05) is 0 Å². The number of rotatable bonds is 7. The van der Waals surface area contributed by atoms with Crippen LogP contribution < -0.4 is 0 Å². The Bertz CT molecular complexity index is 245. The molecule has 0 saturated carbocycles. The summed E-state index contributed by atoms with van der Waals surface area (Å²) in [7, 11) is 0. The molecule has 86 valence electrons. The van der Waals surface area contributed by atoms with Crippen LogP contribution in [0.15, 0.2) is 12.2 Å². The molecule has 0 aliphatic carbocycles. The lowest BCUT2D eigenvalue weighted by Crippen LogP contribution is -2.14. The summed E-state index contributed by atoms with van der Waals surface area (Å²) in [5, 5.41) is 17.3. The smallest absolute Gasteiger partial charge is 0.310 e. The van der Waals surface area contributed by atoms with Crippen LogP contribution in [-0.4, -0.2) is 22.2 Å². The van der Waals surface area contributed by atoms with E-state index in [2.05, 4.69) is 0 Å². The second-order valence-corrected chi connectivity index (χ2v) is 3.72. The van der Waals surface area contributed by atoms with Gasteiger partial charge in [-0.05, 0) is 12.3 Å². The highest BCUT2D eigenvalue weighted by Gasteiger charge is 2.16. The van der Waals surface area contributed by atoms with Crippen molar-refractivity contribution in [1.82, 2.24) is 0 Å². The maximum Gasteiger partial charge on any atom is 0.310 e. The Morgan fingerprint density at radius 1 is 1.33 bits per heavy atom. The summed E-state index contributed by atoms with van der Waals surface area (Å²) >= 11 is 0. The minimum Gasteiger partial charge on any atom is -0.481 e. The van der Waals surface area contributed by atoms with Gasteiger partial charge in [0.25, 0.3) is 0 Å². The summed E-state index contributed by atoms with van der Waals surface area (Å²) in [6.45, 7) is 3.99. The Kier molecular flexibility index (Phi) is 6.42. The minimum absolute atomic E-state index is 0.121. The quantitative estimate of drug-likeness (QED) is 0.637. The molecule has 0 aromatic carbocycles. The van der Waals surface area contributed by atoms with Crippen LogP contribution in [0, 0.1) is 11.8 Å². The number of hydrogen-bond donors (Lipinski definition) is 2. The molecule has 0 bridgehead atoms. The molecule has 0 heterocycles. The van der Waals surface area contributed by atoms with E-state index in [0.717, 1.165) is 6.42 Å². The molecule has 0 amide bonds. The molecule has 2 N–H and O–H groups in total. The van der Waals surface area contributed by atoms with Crippen LogP contribution in [-0.2, 0) is 9.59 Å². The van der Waals surface area contributed by atoms with Gasteiger partial charge in [-0.15, -0.1) is 0 Å². The summed E-state index contributed by atoms with van der Waals surface area (Å²) in [6, 6.07) is 0. The third-order valence-electron chi connectivity index (χ3n) is 2.33. The highest BCUT2D eigenvalue weighted by atomic mass is 16.4. The standard InChI is InChI=1S/C11H18O4/c1-3-8(2)7-9(11(14)15)5-4-6-10(12)13/h4-5,8-9H,3,6-7H2,1-2H3,(H,12,13)(H,14,15)/b5-4+. The molecule has 0 aliphatic rings. The summed E-state index contributed by atoms with van der Waals surface area (Å²) in [6.07, 6.45) is 4.24. The Balaban J connectivity index is 4.22. The predicted molar refractivity (Wildman–Crippen MR) is 56.6 cm³/mol. The minimum atomic E-state index is -0.945. The van der Waals surface area contributed by atoms with Gasteiger partial charge < -0.3 is 10.2 Å². The molecular weight excluding hydrogens is 196 g/mol. The van der Waals surface area contributed by atoms with Crippen LogP contribution in [0.4, 0.5) is 0 Å². The average molecular weight is 214 g/mol. The summed E-state index contributed by atoms with van der Waals surface area (Å²) in [4.78, 5) is 21.1. The molecule has 0 aromatic rings. The van der Waals surface area contributed by atoms with Crippen LogP contribution in [0.2, 0.25) is 0 Å². The molecule has 0 aliphatic heterocycles. The highest BCUT2D eigenvalue weighted by Crippen LogP contribution is 2.16. The number of carboxylic acid groups (broad SMARTS) is 2. The largest absolute Gasteiger partial charge is 0.481 e. The molecule has 2 unspecified atom stereocenters. The third kappa shape index (κ3) is 6.71. The Morgan fingerprint density at radius 3 is 2.33 bits per heavy atom. The molecule has 4 nitrogen and oxygen atoms in total. The van der Waals surface area contributed by atoms with Gasteiger partial charge in [-0.25, -0.2) is 0 Å². The normalized spacial score (nSPS) is 15.1. The second kappa shape index (κ2) is 7.04. The zero-order valence-electron chi connectivity index (χ0n) is 9.14. The van der Waals surface area contributed by atoms with Gasteiger partial charge in [-0.2, -0.15) is 0 Å². The van der Waals surface area contributed by atoms with E-state index in [1.807, 2.05) is 13.8 Å². The van der Waals surface area contributed by atoms with E-state index in [1.54, 1.807) is 0 Å². The zero-order chi connectivity index (χ0) is 11.8. The van der Waals surface area contributed by atoms with E-state index in [0.29, 0.717) is 12.3 Å². The van der Waals surface area contributed by atoms with E-state index in [9.17, 15) is 9.59 Å². The first-order valence-corrected chi connectivity index (χ1v) is 5.08. The number of aliphatic carboxylic acids is 2. The molecule has 15 heavy (non-hydrogen) atoms. The van der Waals surface area contributed by atoms with E-state index in [4.69, 9.17) is 10.2 Å². The van der Waals surface area contributed by atoms with Crippen molar-refractivity contribution in [3.8, 4) is 0 Å². The van der Waals surface area contributed by atoms with Crippen molar-refractivity contribution in [2.24, 2.45) is 11.8 Å². The van der Waals surface area contributed by atoms with Crippen molar-refractivity contribution >= 4 is 11.9 Å². The maximum atomic E-state index is 10.8. The molecular formula is C11H18O4. The maximum absolute atomic E-state index is 10.8. The van der Waals surface area contributed by atoms with Crippen molar-refractivity contribution in [2.45, 2.75) is 33.1 Å². The molecule has 2 atom stereocenters. The average Bonchev–Trinajstić information content (AvgIpc) is 2.15. The second-order valence-electron chi connectivity index (χ2n) is 3.72. The molecule has 0 radical (unpaired) electrons. The van der Waals surface area contributed by atoms with Gasteiger partial charge in [-0.1, -0.05) is 32.4 Å². The Labute approximate surface area is 89.6 Å². The molecule has 0 fully saturated rings. The van der Waals surface area contributed by atoms with E-state index in [-0.39, 0.29) is 6.42 Å². The van der Waals surface area contributed by atoms with Gasteiger partial charge in [0.2, 0.25) is 0 Å². The van der Waals surface area contributed by atoms with Crippen molar-refractivity contribution < 1.29 is 19.8 Å². The van der Waals surface area contributed by atoms with Crippen LogP contribution in [0.5, 0.6) is 0 Å². The molecule has 0 rings (SSSR count). The van der Waals surface area contributed by atoms with Crippen LogP contribution >= 0.6 is 0 Å². The first kappa shape index (κ1) is 13.7. The SMILES string of the molecule is CCC(C)CC(/C=C/CC(=O)O)C(=O)O. The van der Waals surface area contributed by atoms with Crippen molar-refractivity contribution in [3.05, 3.63) is 12.2 Å². The third-order valence-corrected chi connectivity index (χ3v) is 2.33. The monoisotopic (exact) mass is 214 g/mol. The summed E-state index contributed by atoms with van der Waals surface area (Å²) in [5.41, 5.74) is 0. The van der Waals surface area contributed by atoms with Crippen LogP contribution in [0.3, 0.4) is 0 Å². The lowest BCUT2D eigenvalue weighted by Gasteiger charge is -2.12. The number of hydrogen-bond acceptors (Lipinski definition) is 2. The molecule has 0 spiro atoms.